The summed E-state index contributed by atoms with van der Waals surface area (Å²) in [5, 5.41) is 0. The molecular weight excluding hydrogens is 326 g/mol. The van der Waals surface area contributed by atoms with Gasteiger partial charge >= 0.3 is 0 Å². The van der Waals surface area contributed by atoms with Crippen LogP contribution in [-0.4, -0.2) is 38.5 Å². The van der Waals surface area contributed by atoms with E-state index in [4.69, 9.17) is 9.47 Å². The third-order valence-electron chi connectivity index (χ3n) is 4.47. The smallest absolute Gasteiger partial charge is 0.247 e. The number of sulfonamides is 1. The van der Waals surface area contributed by atoms with Crippen molar-refractivity contribution in [2.75, 3.05) is 19.8 Å². The Kier molecular flexibility index (Phi) is 6.52. The molecule has 5 nitrogen and oxygen atoms in total. The molecule has 0 spiro atoms. The molecule has 1 unspecified atom stereocenters. The van der Waals surface area contributed by atoms with E-state index >= 15 is 0 Å². The molecule has 0 aliphatic carbocycles. The van der Waals surface area contributed by atoms with Crippen molar-refractivity contribution >= 4 is 10.0 Å². The van der Waals surface area contributed by atoms with Crippen LogP contribution < -0.4 is 9.47 Å². The molecule has 1 saturated heterocycles. The monoisotopic (exact) mass is 355 g/mol. The van der Waals surface area contributed by atoms with Crippen LogP contribution in [0.4, 0.5) is 0 Å². The summed E-state index contributed by atoms with van der Waals surface area (Å²) in [5.74, 6) is 1.02. The molecule has 0 aromatic heterocycles. The van der Waals surface area contributed by atoms with Crippen LogP contribution in [0.1, 0.15) is 52.0 Å². The summed E-state index contributed by atoms with van der Waals surface area (Å²) in [4.78, 5) is 0.221. The summed E-state index contributed by atoms with van der Waals surface area (Å²) >= 11 is 0. The van der Waals surface area contributed by atoms with Crippen LogP contribution in [0.3, 0.4) is 0 Å². The second-order valence-corrected chi connectivity index (χ2v) is 7.96. The lowest BCUT2D eigenvalue weighted by molar-refractivity contribution is 0.245. The first-order valence-corrected chi connectivity index (χ1v) is 10.3. The maximum absolute atomic E-state index is 13.3. The predicted molar refractivity (Wildman–Crippen MR) is 95.3 cm³/mol. The Morgan fingerprint density at radius 2 is 1.75 bits per heavy atom. The van der Waals surface area contributed by atoms with Crippen molar-refractivity contribution in [3.63, 3.8) is 0 Å². The zero-order valence-electron chi connectivity index (χ0n) is 15.2. The number of hydrogen-bond acceptors (Lipinski definition) is 4. The molecule has 1 aliphatic heterocycles. The minimum absolute atomic E-state index is 0.0649. The Morgan fingerprint density at radius 3 is 2.38 bits per heavy atom. The molecule has 2 rings (SSSR count). The number of benzene rings is 1. The first-order chi connectivity index (χ1) is 11.5. The quantitative estimate of drug-likeness (QED) is 0.747. The Bertz CT molecular complexity index is 657. The normalized spacial score (nSPS) is 19.2. The zero-order valence-corrected chi connectivity index (χ0v) is 16.0. The number of nitrogens with zero attached hydrogens (tertiary/aromatic N) is 1. The number of aryl methyl sites for hydroxylation is 1. The lowest BCUT2D eigenvalue weighted by atomic mass is 10.0. The highest BCUT2D eigenvalue weighted by atomic mass is 32.2. The van der Waals surface area contributed by atoms with E-state index in [1.165, 1.54) is 0 Å². The highest BCUT2D eigenvalue weighted by Gasteiger charge is 2.35. The van der Waals surface area contributed by atoms with E-state index < -0.39 is 10.0 Å². The average Bonchev–Trinajstić information content (AvgIpc) is 2.57. The van der Waals surface area contributed by atoms with E-state index in [2.05, 4.69) is 0 Å². The van der Waals surface area contributed by atoms with E-state index in [0.29, 0.717) is 31.3 Å². The van der Waals surface area contributed by atoms with E-state index in [9.17, 15) is 8.42 Å². The Morgan fingerprint density at radius 1 is 1.08 bits per heavy atom. The second kappa shape index (κ2) is 8.21. The molecule has 136 valence electrons. The first-order valence-electron chi connectivity index (χ1n) is 8.87. The molecule has 0 saturated carbocycles. The fourth-order valence-corrected chi connectivity index (χ4v) is 5.15. The van der Waals surface area contributed by atoms with Crippen molar-refractivity contribution in [3.05, 3.63) is 17.7 Å². The third-order valence-corrected chi connectivity index (χ3v) is 6.45. The molecular formula is C18H29NO4S. The van der Waals surface area contributed by atoms with Crippen molar-refractivity contribution in [1.29, 1.82) is 0 Å². The highest BCUT2D eigenvalue weighted by Crippen LogP contribution is 2.36. The summed E-state index contributed by atoms with van der Waals surface area (Å²) in [6, 6.07) is 3.46. The van der Waals surface area contributed by atoms with Gasteiger partial charge in [-0.05, 0) is 51.7 Å². The standard InChI is InChI=1S/C18H29NO4S/c1-5-15-10-8-9-11-19(15)24(20,21)18-13-16(22-6-2)14(4)12-17(18)23-7-3/h12-13,15H,5-11H2,1-4H3. The van der Waals surface area contributed by atoms with Gasteiger partial charge in [-0.2, -0.15) is 4.31 Å². The van der Waals surface area contributed by atoms with Crippen LogP contribution in [-0.2, 0) is 10.0 Å². The van der Waals surface area contributed by atoms with Crippen LogP contribution in [0.15, 0.2) is 17.0 Å². The highest BCUT2D eigenvalue weighted by molar-refractivity contribution is 7.89. The van der Waals surface area contributed by atoms with Crippen LogP contribution in [0.25, 0.3) is 0 Å². The minimum atomic E-state index is -3.61. The summed E-state index contributed by atoms with van der Waals surface area (Å²) in [6.45, 7) is 9.19. The van der Waals surface area contributed by atoms with Crippen molar-refractivity contribution in [3.8, 4) is 11.5 Å². The van der Waals surface area contributed by atoms with E-state index in [-0.39, 0.29) is 10.9 Å². The Labute approximate surface area is 146 Å². The van der Waals surface area contributed by atoms with Crippen LogP contribution in [0.2, 0.25) is 0 Å². The summed E-state index contributed by atoms with van der Waals surface area (Å²) in [6.07, 6.45) is 3.74. The summed E-state index contributed by atoms with van der Waals surface area (Å²) in [5.41, 5.74) is 0.880. The van der Waals surface area contributed by atoms with Crippen molar-refractivity contribution in [2.45, 2.75) is 64.3 Å². The maximum atomic E-state index is 13.3. The second-order valence-electron chi connectivity index (χ2n) is 6.10. The number of rotatable bonds is 7. The van der Waals surface area contributed by atoms with Gasteiger partial charge in [0.1, 0.15) is 16.4 Å². The maximum Gasteiger partial charge on any atom is 0.247 e. The fourth-order valence-electron chi connectivity index (χ4n) is 3.25. The van der Waals surface area contributed by atoms with Crippen molar-refractivity contribution in [1.82, 2.24) is 4.31 Å². The predicted octanol–water partition coefficient (Wildman–Crippen LogP) is 3.75. The van der Waals surface area contributed by atoms with Crippen molar-refractivity contribution < 1.29 is 17.9 Å². The molecule has 0 N–H and O–H groups in total. The van der Waals surface area contributed by atoms with Gasteiger partial charge in [-0.25, -0.2) is 8.42 Å². The largest absolute Gasteiger partial charge is 0.494 e. The lowest BCUT2D eigenvalue weighted by Crippen LogP contribution is -2.43. The first kappa shape index (κ1) is 19.1. The van der Waals surface area contributed by atoms with Gasteiger partial charge in [0.05, 0.1) is 13.2 Å². The van der Waals surface area contributed by atoms with Crippen LogP contribution >= 0.6 is 0 Å². The van der Waals surface area contributed by atoms with Gasteiger partial charge in [0.15, 0.2) is 0 Å². The third kappa shape index (κ3) is 3.86. The average molecular weight is 356 g/mol. The molecule has 1 fully saturated rings. The molecule has 1 atom stereocenters. The molecule has 6 heteroatoms. The lowest BCUT2D eigenvalue weighted by Gasteiger charge is -2.34. The van der Waals surface area contributed by atoms with Gasteiger partial charge in [-0.1, -0.05) is 13.3 Å². The molecule has 0 bridgehead atoms. The SMILES string of the molecule is CCOc1cc(S(=O)(=O)N2CCCCC2CC)c(OCC)cc1C. The summed E-state index contributed by atoms with van der Waals surface area (Å²) in [7, 11) is -3.61. The van der Waals surface area contributed by atoms with E-state index in [0.717, 1.165) is 31.2 Å². The molecule has 1 aromatic rings. The summed E-state index contributed by atoms with van der Waals surface area (Å²) < 4.78 is 39.5. The van der Waals surface area contributed by atoms with Gasteiger partial charge in [0.25, 0.3) is 0 Å². The number of piperidine rings is 1. The number of hydrogen-bond donors (Lipinski definition) is 0. The molecule has 1 aromatic carbocycles. The van der Waals surface area contributed by atoms with Gasteiger partial charge in [-0.3, -0.25) is 0 Å². The molecule has 1 heterocycles. The zero-order chi connectivity index (χ0) is 17.7. The molecule has 24 heavy (non-hydrogen) atoms. The Hall–Kier alpha value is -1.27. The minimum Gasteiger partial charge on any atom is -0.494 e. The van der Waals surface area contributed by atoms with Crippen LogP contribution in [0, 0.1) is 6.92 Å². The topological polar surface area (TPSA) is 55.8 Å². The van der Waals surface area contributed by atoms with Crippen molar-refractivity contribution in [2.24, 2.45) is 0 Å². The van der Waals surface area contributed by atoms with Gasteiger partial charge in [0, 0.05) is 18.7 Å². The molecule has 0 amide bonds. The molecule has 0 radical (unpaired) electrons. The molecule has 1 aliphatic rings. The fraction of sp³-hybridized carbons (Fsp3) is 0.667. The van der Waals surface area contributed by atoms with Gasteiger partial charge in [-0.15, -0.1) is 0 Å². The van der Waals surface area contributed by atoms with E-state index in [1.807, 2.05) is 27.7 Å². The van der Waals surface area contributed by atoms with Gasteiger partial charge in [0.2, 0.25) is 10.0 Å². The Balaban J connectivity index is 2.52. The number of ether oxygens (including phenoxy) is 2. The van der Waals surface area contributed by atoms with Gasteiger partial charge < -0.3 is 9.47 Å². The van der Waals surface area contributed by atoms with E-state index in [1.54, 1.807) is 16.4 Å². The van der Waals surface area contributed by atoms with Crippen LogP contribution in [0.5, 0.6) is 11.5 Å².